The molecule has 0 atom stereocenters. The Hall–Kier alpha value is -1.82. The summed E-state index contributed by atoms with van der Waals surface area (Å²) < 4.78 is 0. The molecule has 3 rings (SSSR count). The van der Waals surface area contributed by atoms with Gasteiger partial charge < -0.3 is 5.32 Å². The summed E-state index contributed by atoms with van der Waals surface area (Å²) in [7, 11) is 0. The Bertz CT molecular complexity index is 891. The maximum absolute atomic E-state index is 12.1. The number of benzene rings is 2. The normalized spacial score (nSPS) is 10.7. The molecule has 0 aliphatic carbocycles. The first-order chi connectivity index (χ1) is 12.0. The van der Waals surface area contributed by atoms with E-state index in [9.17, 15) is 4.79 Å². The number of carbonyl (C=O) groups excluding carboxylic acids is 1. The van der Waals surface area contributed by atoms with Crippen molar-refractivity contribution in [3.05, 3.63) is 64.0 Å². The lowest BCUT2D eigenvalue weighted by Crippen LogP contribution is -2.13. The van der Waals surface area contributed by atoms with Crippen LogP contribution in [0.2, 0.25) is 5.02 Å². The van der Waals surface area contributed by atoms with Gasteiger partial charge in [-0.1, -0.05) is 35.4 Å². The van der Waals surface area contributed by atoms with Crippen molar-refractivity contribution >= 4 is 45.7 Å². The molecule has 1 heterocycles. The van der Waals surface area contributed by atoms with Crippen molar-refractivity contribution in [3.63, 3.8) is 0 Å². The number of thiazole rings is 1. The molecule has 0 bridgehead atoms. The smallest absolute Gasteiger partial charge is 0.236 e. The predicted molar refractivity (Wildman–Crippen MR) is 108 cm³/mol. The van der Waals surface area contributed by atoms with Crippen LogP contribution in [-0.4, -0.2) is 16.6 Å². The van der Waals surface area contributed by atoms with E-state index in [0.29, 0.717) is 15.9 Å². The lowest BCUT2D eigenvalue weighted by atomic mass is 10.0. The zero-order valence-electron chi connectivity index (χ0n) is 13.9. The van der Waals surface area contributed by atoms with Crippen LogP contribution >= 0.6 is 34.7 Å². The van der Waals surface area contributed by atoms with Gasteiger partial charge in [0.1, 0.15) is 0 Å². The molecule has 1 N–H and O–H groups in total. The number of nitrogens with zero attached hydrogens (tertiary/aromatic N) is 1. The van der Waals surface area contributed by atoms with Crippen molar-refractivity contribution < 1.29 is 4.79 Å². The number of thioether (sulfide) groups is 1. The van der Waals surface area contributed by atoms with Crippen molar-refractivity contribution in [3.8, 4) is 11.3 Å². The molecule has 0 fully saturated rings. The highest BCUT2D eigenvalue weighted by Crippen LogP contribution is 2.28. The van der Waals surface area contributed by atoms with Crippen LogP contribution in [0.5, 0.6) is 0 Å². The standard InChI is InChI=1S/C19H17ClN2OS2/c1-12-3-8-16(13(2)9-12)17-10-25-19(21-17)22-18(23)11-24-15-6-4-14(20)5-7-15/h3-10H,11H2,1-2H3,(H,21,22,23). The summed E-state index contributed by atoms with van der Waals surface area (Å²) in [6.45, 7) is 4.14. The maximum Gasteiger partial charge on any atom is 0.236 e. The van der Waals surface area contributed by atoms with Gasteiger partial charge in [0.25, 0.3) is 0 Å². The Kier molecular flexibility index (Phi) is 5.78. The van der Waals surface area contributed by atoms with Crippen LogP contribution in [0.1, 0.15) is 11.1 Å². The SMILES string of the molecule is Cc1ccc(-c2csc(NC(=O)CSc3ccc(Cl)cc3)n2)c(C)c1. The van der Waals surface area contributed by atoms with E-state index < -0.39 is 0 Å². The second-order valence-corrected chi connectivity index (χ2v) is 7.99. The van der Waals surface area contributed by atoms with Gasteiger partial charge >= 0.3 is 0 Å². The molecule has 0 unspecified atom stereocenters. The first-order valence-electron chi connectivity index (χ1n) is 7.72. The Labute approximate surface area is 160 Å². The molecule has 0 spiro atoms. The van der Waals surface area contributed by atoms with E-state index in [2.05, 4.69) is 42.3 Å². The van der Waals surface area contributed by atoms with E-state index in [-0.39, 0.29) is 5.91 Å². The van der Waals surface area contributed by atoms with Crippen LogP contribution in [0, 0.1) is 13.8 Å². The van der Waals surface area contributed by atoms with Crippen LogP contribution in [0.4, 0.5) is 5.13 Å². The minimum absolute atomic E-state index is 0.0681. The van der Waals surface area contributed by atoms with Crippen LogP contribution in [-0.2, 0) is 4.79 Å². The molecule has 1 aromatic heterocycles. The molecule has 3 nitrogen and oxygen atoms in total. The molecule has 128 valence electrons. The van der Waals surface area contributed by atoms with Gasteiger partial charge in [-0.3, -0.25) is 4.79 Å². The number of nitrogens with one attached hydrogen (secondary N) is 1. The lowest BCUT2D eigenvalue weighted by Gasteiger charge is -2.04. The minimum atomic E-state index is -0.0681. The van der Waals surface area contributed by atoms with E-state index in [0.717, 1.165) is 16.2 Å². The largest absolute Gasteiger partial charge is 0.301 e. The highest BCUT2D eigenvalue weighted by molar-refractivity contribution is 8.00. The molecule has 3 aromatic rings. The number of carbonyl (C=O) groups is 1. The molecule has 0 aliphatic heterocycles. The average Bonchev–Trinajstić information content (AvgIpc) is 3.02. The zero-order valence-corrected chi connectivity index (χ0v) is 16.3. The zero-order chi connectivity index (χ0) is 17.8. The van der Waals surface area contributed by atoms with Gasteiger partial charge in [0.2, 0.25) is 5.91 Å². The number of rotatable bonds is 5. The highest BCUT2D eigenvalue weighted by Gasteiger charge is 2.10. The first kappa shape index (κ1) is 18.0. The van der Waals surface area contributed by atoms with Gasteiger partial charge in [-0.05, 0) is 43.7 Å². The maximum atomic E-state index is 12.1. The fourth-order valence-corrected chi connectivity index (χ4v) is 3.94. The van der Waals surface area contributed by atoms with Crippen molar-refractivity contribution in [2.45, 2.75) is 18.7 Å². The predicted octanol–water partition coefficient (Wildman–Crippen LogP) is 5.81. The molecule has 2 aromatic carbocycles. The van der Waals surface area contributed by atoms with E-state index >= 15 is 0 Å². The molecular weight excluding hydrogens is 372 g/mol. The summed E-state index contributed by atoms with van der Waals surface area (Å²) in [6, 6.07) is 13.7. The number of hydrogen-bond acceptors (Lipinski definition) is 4. The lowest BCUT2D eigenvalue weighted by molar-refractivity contribution is -0.113. The summed E-state index contributed by atoms with van der Waals surface area (Å²) in [5.41, 5.74) is 4.40. The van der Waals surface area contributed by atoms with Crippen LogP contribution in [0.15, 0.2) is 52.7 Å². The third-order valence-electron chi connectivity index (χ3n) is 3.59. The fraction of sp³-hybridized carbons (Fsp3) is 0.158. The van der Waals surface area contributed by atoms with E-state index in [1.165, 1.54) is 34.2 Å². The van der Waals surface area contributed by atoms with E-state index in [4.69, 9.17) is 11.6 Å². The van der Waals surface area contributed by atoms with Crippen molar-refractivity contribution in [1.82, 2.24) is 4.98 Å². The third kappa shape index (κ3) is 4.84. The summed E-state index contributed by atoms with van der Waals surface area (Å²) in [4.78, 5) is 17.7. The number of amides is 1. The van der Waals surface area contributed by atoms with Crippen LogP contribution < -0.4 is 5.32 Å². The second-order valence-electron chi connectivity index (χ2n) is 5.65. The summed E-state index contributed by atoms with van der Waals surface area (Å²) in [6.07, 6.45) is 0. The van der Waals surface area contributed by atoms with Gasteiger partial charge in [-0.15, -0.1) is 23.1 Å². The fourth-order valence-electron chi connectivity index (χ4n) is 2.39. The number of hydrogen-bond donors (Lipinski definition) is 1. The van der Waals surface area contributed by atoms with Crippen molar-refractivity contribution in [1.29, 1.82) is 0 Å². The molecular formula is C19H17ClN2OS2. The molecule has 0 saturated carbocycles. The first-order valence-corrected chi connectivity index (χ1v) is 9.97. The van der Waals surface area contributed by atoms with Crippen LogP contribution in [0.25, 0.3) is 11.3 Å². The quantitative estimate of drug-likeness (QED) is 0.560. The molecule has 6 heteroatoms. The molecule has 0 radical (unpaired) electrons. The molecule has 25 heavy (non-hydrogen) atoms. The van der Waals surface area contributed by atoms with E-state index in [1.54, 1.807) is 0 Å². The second kappa shape index (κ2) is 8.04. The summed E-state index contributed by atoms with van der Waals surface area (Å²) >= 11 is 8.77. The Morgan fingerprint density at radius 2 is 1.96 bits per heavy atom. The highest BCUT2D eigenvalue weighted by atomic mass is 35.5. The molecule has 0 aliphatic rings. The molecule has 0 saturated heterocycles. The number of anilines is 1. The van der Waals surface area contributed by atoms with Crippen molar-refractivity contribution in [2.75, 3.05) is 11.1 Å². The van der Waals surface area contributed by atoms with Crippen molar-refractivity contribution in [2.24, 2.45) is 0 Å². The molecule has 1 amide bonds. The minimum Gasteiger partial charge on any atom is -0.301 e. The van der Waals surface area contributed by atoms with Gasteiger partial charge in [-0.25, -0.2) is 4.98 Å². The Morgan fingerprint density at radius 1 is 1.20 bits per heavy atom. The van der Waals surface area contributed by atoms with Gasteiger partial charge in [-0.2, -0.15) is 0 Å². The van der Waals surface area contributed by atoms with Gasteiger partial charge in [0.05, 0.1) is 11.4 Å². The third-order valence-corrected chi connectivity index (χ3v) is 5.61. The Morgan fingerprint density at radius 3 is 2.68 bits per heavy atom. The van der Waals surface area contributed by atoms with Gasteiger partial charge in [0, 0.05) is 20.9 Å². The summed E-state index contributed by atoms with van der Waals surface area (Å²) in [5.74, 6) is 0.265. The van der Waals surface area contributed by atoms with Crippen LogP contribution in [0.3, 0.4) is 0 Å². The van der Waals surface area contributed by atoms with E-state index in [1.807, 2.05) is 29.6 Å². The summed E-state index contributed by atoms with van der Waals surface area (Å²) in [5, 5.41) is 6.15. The Balaban J connectivity index is 1.60. The average molecular weight is 389 g/mol. The monoisotopic (exact) mass is 388 g/mol. The number of aromatic nitrogens is 1. The van der Waals surface area contributed by atoms with Gasteiger partial charge in [0.15, 0.2) is 5.13 Å². The number of aryl methyl sites for hydroxylation is 2. The topological polar surface area (TPSA) is 42.0 Å². The number of halogens is 1.